The van der Waals surface area contributed by atoms with Crippen molar-refractivity contribution in [3.63, 3.8) is 0 Å². The molecule has 3 aromatic carbocycles. The molecule has 0 fully saturated rings. The topological polar surface area (TPSA) is 102 Å². The van der Waals surface area contributed by atoms with E-state index in [4.69, 9.17) is 52.1 Å². The van der Waals surface area contributed by atoms with Gasteiger partial charge in [-0.15, -0.1) is 0 Å². The van der Waals surface area contributed by atoms with Gasteiger partial charge in [0.2, 0.25) is 0 Å². The highest BCUT2D eigenvalue weighted by Crippen LogP contribution is 2.51. The van der Waals surface area contributed by atoms with Gasteiger partial charge in [0.15, 0.2) is 57.0 Å². The minimum atomic E-state index is -0.0302. The molecular weight excluding hydrogens is 524 g/mol. The van der Waals surface area contributed by atoms with Gasteiger partial charge in [-0.05, 0) is 41.5 Å². The molecule has 0 N–H and O–H groups in total. The van der Waals surface area contributed by atoms with Crippen LogP contribution in [0.25, 0.3) is 22.3 Å². The Morgan fingerprint density at radius 1 is 0.450 bits per heavy atom. The maximum absolute atomic E-state index is 6.10. The molecule has 3 aromatic rings. The number of hydrogen-bond donors (Lipinski definition) is 0. The van der Waals surface area contributed by atoms with Crippen molar-refractivity contribution in [3.8, 4) is 56.8 Å². The molecule has 0 aliphatic heterocycles. The first-order valence-electron chi connectivity index (χ1n) is 12.2. The van der Waals surface area contributed by atoms with Crippen molar-refractivity contribution in [2.45, 2.75) is 0 Å². The Morgan fingerprint density at radius 3 is 1.57 bits per heavy atom. The van der Waals surface area contributed by atoms with E-state index in [0.29, 0.717) is 45.6 Å². The van der Waals surface area contributed by atoms with Crippen LogP contribution in [0, 0.1) is 0 Å². The number of benzene rings is 3. The fraction of sp³-hybridized carbons (Fsp3) is 0.379. The van der Waals surface area contributed by atoms with Crippen molar-refractivity contribution < 1.29 is 52.1 Å². The van der Waals surface area contributed by atoms with Crippen LogP contribution in [0.2, 0.25) is 0 Å². The molecule has 0 unspecified atom stereocenters. The molecule has 0 aliphatic carbocycles. The van der Waals surface area contributed by atoms with Crippen LogP contribution < -0.4 is 28.4 Å². The molecule has 218 valence electrons. The van der Waals surface area contributed by atoms with Crippen molar-refractivity contribution in [2.24, 2.45) is 0 Å². The van der Waals surface area contributed by atoms with Gasteiger partial charge < -0.3 is 52.1 Å². The van der Waals surface area contributed by atoms with E-state index < -0.39 is 0 Å². The average molecular weight is 561 g/mol. The van der Waals surface area contributed by atoms with Crippen molar-refractivity contribution in [1.29, 1.82) is 0 Å². The minimum Gasteiger partial charge on any atom is -0.492 e. The molecule has 0 amide bonds. The van der Waals surface area contributed by atoms with Crippen molar-refractivity contribution in [1.82, 2.24) is 0 Å². The highest BCUT2D eigenvalue weighted by Gasteiger charge is 2.25. The van der Waals surface area contributed by atoms with E-state index in [1.54, 1.807) is 41.6 Å². The predicted octanol–water partition coefficient (Wildman–Crippen LogP) is 4.94. The second kappa shape index (κ2) is 16.4. The van der Waals surface area contributed by atoms with E-state index in [0.717, 1.165) is 11.1 Å². The summed E-state index contributed by atoms with van der Waals surface area (Å²) in [6.45, 7) is 0.191. The molecule has 0 saturated carbocycles. The molecule has 0 atom stereocenters. The van der Waals surface area contributed by atoms with E-state index in [9.17, 15) is 0 Å². The Morgan fingerprint density at radius 2 is 0.975 bits per heavy atom. The lowest BCUT2D eigenvalue weighted by Gasteiger charge is -2.22. The lowest BCUT2D eigenvalue weighted by molar-refractivity contribution is 0.0323. The van der Waals surface area contributed by atoms with Crippen LogP contribution in [-0.2, 0) is 23.7 Å². The van der Waals surface area contributed by atoms with Gasteiger partial charge >= 0.3 is 0 Å². The zero-order valence-electron chi connectivity index (χ0n) is 23.6. The van der Waals surface area contributed by atoms with Crippen LogP contribution in [0.1, 0.15) is 0 Å². The van der Waals surface area contributed by atoms with Crippen molar-refractivity contribution in [2.75, 3.05) is 76.6 Å². The zero-order chi connectivity index (χ0) is 28.7. The summed E-state index contributed by atoms with van der Waals surface area (Å²) in [5.41, 5.74) is 2.85. The maximum Gasteiger partial charge on any atom is 0.188 e. The van der Waals surface area contributed by atoms with Crippen molar-refractivity contribution >= 4 is 0 Å². The Kier molecular flexibility index (Phi) is 12.6. The molecule has 0 spiro atoms. The number of hydrogen-bond acceptors (Lipinski definition) is 11. The van der Waals surface area contributed by atoms with Gasteiger partial charge in [0, 0.05) is 41.1 Å². The second-order valence-corrected chi connectivity index (χ2v) is 8.10. The normalized spacial score (nSPS) is 10.8. The predicted molar refractivity (Wildman–Crippen MR) is 146 cm³/mol. The Labute approximate surface area is 234 Å². The summed E-state index contributed by atoms with van der Waals surface area (Å²) >= 11 is 0. The third-order valence-electron chi connectivity index (χ3n) is 5.46. The highest BCUT2D eigenvalue weighted by atomic mass is 16.7. The fourth-order valence-electron chi connectivity index (χ4n) is 3.80. The summed E-state index contributed by atoms with van der Waals surface area (Å²) in [7, 11) is 9.30. The van der Waals surface area contributed by atoms with Gasteiger partial charge in [0.25, 0.3) is 0 Å². The van der Waals surface area contributed by atoms with Gasteiger partial charge in [-0.1, -0.05) is 18.2 Å². The third-order valence-corrected chi connectivity index (χ3v) is 5.46. The lowest BCUT2D eigenvalue weighted by Crippen LogP contribution is -2.07. The zero-order valence-corrected chi connectivity index (χ0v) is 23.6. The monoisotopic (exact) mass is 560 g/mol. The van der Waals surface area contributed by atoms with Crippen molar-refractivity contribution in [3.05, 3.63) is 48.5 Å². The maximum atomic E-state index is 6.10. The summed E-state index contributed by atoms with van der Waals surface area (Å²) in [4.78, 5) is 0. The smallest absolute Gasteiger partial charge is 0.188 e. The van der Waals surface area contributed by atoms with E-state index in [2.05, 4.69) is 0 Å². The number of rotatable bonds is 18. The van der Waals surface area contributed by atoms with Gasteiger partial charge in [0.1, 0.15) is 11.5 Å². The minimum absolute atomic E-state index is 0.00349. The first-order chi connectivity index (χ1) is 19.6. The SMILES string of the molecule is COCOc1ccc(-c2c(OCOC)cc(-c3ccc(OCOC)c(OCOC)c3)c(OC)c2OCOC)cc1. The van der Waals surface area contributed by atoms with Crippen LogP contribution in [0.15, 0.2) is 48.5 Å². The van der Waals surface area contributed by atoms with Gasteiger partial charge in [-0.2, -0.15) is 0 Å². The summed E-state index contributed by atoms with van der Waals surface area (Å²) in [5, 5.41) is 0. The summed E-state index contributed by atoms with van der Waals surface area (Å²) in [6, 6.07) is 14.7. The van der Waals surface area contributed by atoms with Crippen LogP contribution in [0.3, 0.4) is 0 Å². The van der Waals surface area contributed by atoms with E-state index in [-0.39, 0.29) is 34.0 Å². The van der Waals surface area contributed by atoms with E-state index >= 15 is 0 Å². The average Bonchev–Trinajstić information content (AvgIpc) is 2.99. The van der Waals surface area contributed by atoms with E-state index in [1.807, 2.05) is 42.5 Å². The largest absolute Gasteiger partial charge is 0.492 e. The quantitative estimate of drug-likeness (QED) is 0.198. The molecule has 3 rings (SSSR count). The standard InChI is InChI=1S/C29H36O11/c1-30-15-36-22-10-7-20(8-11-22)27-26(39-18-33-4)14-23(28(35-6)29(27)40-19-34-5)21-9-12-24(37-16-31-2)25(13-21)38-17-32-3/h7-14H,15-19H2,1-6H3. The van der Waals surface area contributed by atoms with E-state index in [1.165, 1.54) is 7.11 Å². The first kappa shape index (κ1) is 30.8. The summed E-state index contributed by atoms with van der Waals surface area (Å²) in [6.07, 6.45) is 0. The first-order valence-corrected chi connectivity index (χ1v) is 12.2. The molecule has 11 heteroatoms. The highest BCUT2D eigenvalue weighted by molar-refractivity contribution is 5.88. The summed E-state index contributed by atoms with van der Waals surface area (Å²) < 4.78 is 60.7. The fourth-order valence-corrected chi connectivity index (χ4v) is 3.80. The van der Waals surface area contributed by atoms with Gasteiger partial charge in [-0.3, -0.25) is 0 Å². The molecule has 40 heavy (non-hydrogen) atoms. The Balaban J connectivity index is 2.22. The molecular formula is C29H36O11. The van der Waals surface area contributed by atoms with Gasteiger partial charge in [-0.25, -0.2) is 0 Å². The van der Waals surface area contributed by atoms with Crippen LogP contribution in [-0.4, -0.2) is 76.6 Å². The molecule has 0 heterocycles. The molecule has 0 bridgehead atoms. The lowest BCUT2D eigenvalue weighted by atomic mass is 9.96. The molecule has 0 radical (unpaired) electrons. The van der Waals surface area contributed by atoms with Crippen LogP contribution in [0.5, 0.6) is 34.5 Å². The van der Waals surface area contributed by atoms with Gasteiger partial charge in [0.05, 0.1) is 12.7 Å². The summed E-state index contributed by atoms with van der Waals surface area (Å²) in [5.74, 6) is 2.95. The number of ether oxygens (including phenoxy) is 11. The van der Waals surface area contributed by atoms with Crippen LogP contribution >= 0.6 is 0 Å². The van der Waals surface area contributed by atoms with Crippen LogP contribution in [0.4, 0.5) is 0 Å². The Bertz CT molecular complexity index is 1180. The second-order valence-electron chi connectivity index (χ2n) is 8.10. The Hall–Kier alpha value is -3.74. The number of methoxy groups -OCH3 is 6. The molecule has 0 aromatic heterocycles. The molecule has 11 nitrogen and oxygen atoms in total. The molecule has 0 aliphatic rings. The molecule has 0 saturated heterocycles. The third kappa shape index (κ3) is 7.90.